The first kappa shape index (κ1) is 19.2. The van der Waals surface area contributed by atoms with Gasteiger partial charge >= 0.3 is 0 Å². The van der Waals surface area contributed by atoms with E-state index in [4.69, 9.17) is 16.1 Å². The third kappa shape index (κ3) is 4.47. The standard InChI is InChI=1S/C20H27ClN6O/c1-22-20(27-13-9-17(14-27)26-11-2-3-12-26)23-10-8-18-24-19(25-28-18)15-4-6-16(21)7-5-15/h4-7,17H,2-3,8-14H2,1H3,(H,22,23). The van der Waals surface area contributed by atoms with Gasteiger partial charge in [-0.3, -0.25) is 9.89 Å². The van der Waals surface area contributed by atoms with Crippen molar-refractivity contribution in [3.05, 3.63) is 35.2 Å². The molecule has 1 atom stereocenters. The number of guanidine groups is 1. The van der Waals surface area contributed by atoms with Gasteiger partial charge in [0, 0.05) is 49.7 Å². The van der Waals surface area contributed by atoms with Gasteiger partial charge in [0.05, 0.1) is 0 Å². The van der Waals surface area contributed by atoms with Gasteiger partial charge in [-0.05, 0) is 56.6 Å². The second-order valence-corrected chi connectivity index (χ2v) is 7.81. The highest BCUT2D eigenvalue weighted by Gasteiger charge is 2.30. The molecular formula is C20H27ClN6O. The van der Waals surface area contributed by atoms with E-state index in [2.05, 4.69) is 30.2 Å². The SMILES string of the molecule is CN=C(NCCc1nc(-c2ccc(Cl)cc2)no1)N1CCC(N2CCCC2)C1. The fraction of sp³-hybridized carbons (Fsp3) is 0.550. The quantitative estimate of drug-likeness (QED) is 0.612. The maximum atomic E-state index is 5.93. The Morgan fingerprint density at radius 1 is 1.25 bits per heavy atom. The van der Waals surface area contributed by atoms with Gasteiger partial charge in [-0.2, -0.15) is 4.98 Å². The predicted octanol–water partition coefficient (Wildman–Crippen LogP) is 2.68. The molecule has 2 fully saturated rings. The highest BCUT2D eigenvalue weighted by Crippen LogP contribution is 2.21. The van der Waals surface area contributed by atoms with Gasteiger partial charge in [-0.25, -0.2) is 0 Å². The predicted molar refractivity (Wildman–Crippen MR) is 111 cm³/mol. The van der Waals surface area contributed by atoms with Gasteiger partial charge in [0.1, 0.15) is 0 Å². The minimum Gasteiger partial charge on any atom is -0.356 e. The molecule has 1 aromatic carbocycles. The Bertz CT molecular complexity index is 799. The minimum atomic E-state index is 0.587. The molecular weight excluding hydrogens is 376 g/mol. The molecule has 28 heavy (non-hydrogen) atoms. The van der Waals surface area contributed by atoms with Crippen molar-refractivity contribution in [1.82, 2.24) is 25.3 Å². The Morgan fingerprint density at radius 2 is 2.04 bits per heavy atom. The number of nitrogens with one attached hydrogen (secondary N) is 1. The minimum absolute atomic E-state index is 0.587. The van der Waals surface area contributed by atoms with Crippen molar-refractivity contribution in [1.29, 1.82) is 0 Å². The third-order valence-electron chi connectivity index (χ3n) is 5.52. The number of hydrogen-bond acceptors (Lipinski definition) is 5. The molecule has 3 heterocycles. The van der Waals surface area contributed by atoms with Crippen molar-refractivity contribution in [3.8, 4) is 11.4 Å². The van der Waals surface area contributed by atoms with Crippen LogP contribution in [0.15, 0.2) is 33.8 Å². The number of halogens is 1. The summed E-state index contributed by atoms with van der Waals surface area (Å²) in [5.41, 5.74) is 0.896. The lowest BCUT2D eigenvalue weighted by atomic mass is 10.2. The number of aliphatic imine (C=N–C) groups is 1. The van der Waals surface area contributed by atoms with E-state index < -0.39 is 0 Å². The monoisotopic (exact) mass is 402 g/mol. The van der Waals surface area contributed by atoms with Crippen LogP contribution in [0, 0.1) is 0 Å². The van der Waals surface area contributed by atoms with Crippen LogP contribution in [0.5, 0.6) is 0 Å². The van der Waals surface area contributed by atoms with Crippen LogP contribution in [0.2, 0.25) is 5.02 Å². The molecule has 150 valence electrons. The first-order valence-corrected chi connectivity index (χ1v) is 10.4. The average Bonchev–Trinajstić information content (AvgIpc) is 3.47. The number of benzene rings is 1. The molecule has 0 amide bonds. The van der Waals surface area contributed by atoms with Crippen LogP contribution in [0.3, 0.4) is 0 Å². The average molecular weight is 403 g/mol. The lowest BCUT2D eigenvalue weighted by molar-refractivity contribution is 0.249. The maximum absolute atomic E-state index is 5.93. The molecule has 1 N–H and O–H groups in total. The van der Waals surface area contributed by atoms with E-state index in [0.717, 1.165) is 24.6 Å². The summed E-state index contributed by atoms with van der Waals surface area (Å²) in [6, 6.07) is 8.09. The molecule has 2 aromatic rings. The zero-order valence-electron chi connectivity index (χ0n) is 16.3. The highest BCUT2D eigenvalue weighted by atomic mass is 35.5. The number of likely N-dealkylation sites (tertiary alicyclic amines) is 2. The van der Waals surface area contributed by atoms with Crippen LogP contribution in [0.4, 0.5) is 0 Å². The van der Waals surface area contributed by atoms with Crippen molar-refractivity contribution in [3.63, 3.8) is 0 Å². The van der Waals surface area contributed by atoms with Gasteiger partial charge in [0.15, 0.2) is 5.96 Å². The molecule has 0 bridgehead atoms. The third-order valence-corrected chi connectivity index (χ3v) is 5.78. The molecule has 2 aliphatic rings. The normalized spacial score (nSPS) is 20.9. The van der Waals surface area contributed by atoms with Crippen LogP contribution >= 0.6 is 11.6 Å². The second-order valence-electron chi connectivity index (χ2n) is 7.37. The van der Waals surface area contributed by atoms with Crippen LogP contribution in [0.1, 0.15) is 25.2 Å². The summed E-state index contributed by atoms with van der Waals surface area (Å²) in [6.45, 7) is 5.32. The van der Waals surface area contributed by atoms with Crippen molar-refractivity contribution < 1.29 is 4.52 Å². The number of aromatic nitrogens is 2. The molecule has 0 spiro atoms. The van der Waals surface area contributed by atoms with E-state index in [-0.39, 0.29) is 0 Å². The van der Waals surface area contributed by atoms with Crippen LogP contribution in [-0.4, -0.2) is 71.7 Å². The summed E-state index contributed by atoms with van der Waals surface area (Å²) in [5.74, 6) is 2.16. The molecule has 0 aliphatic carbocycles. The Hall–Kier alpha value is -2.12. The van der Waals surface area contributed by atoms with Crippen molar-refractivity contribution >= 4 is 17.6 Å². The Morgan fingerprint density at radius 3 is 2.79 bits per heavy atom. The topological polar surface area (TPSA) is 69.8 Å². The summed E-state index contributed by atoms with van der Waals surface area (Å²) >= 11 is 5.93. The first-order valence-electron chi connectivity index (χ1n) is 10.0. The first-order chi connectivity index (χ1) is 13.7. The van der Waals surface area contributed by atoms with Crippen molar-refractivity contribution in [2.45, 2.75) is 31.7 Å². The maximum Gasteiger partial charge on any atom is 0.228 e. The molecule has 2 aliphatic heterocycles. The zero-order valence-corrected chi connectivity index (χ0v) is 17.0. The fourth-order valence-electron chi connectivity index (χ4n) is 4.03. The van der Waals surface area contributed by atoms with Gasteiger partial charge in [0.2, 0.25) is 11.7 Å². The molecule has 8 heteroatoms. The molecule has 1 unspecified atom stereocenters. The van der Waals surface area contributed by atoms with Gasteiger partial charge in [-0.15, -0.1) is 0 Å². The van der Waals surface area contributed by atoms with Crippen molar-refractivity contribution in [2.24, 2.45) is 4.99 Å². The molecule has 0 radical (unpaired) electrons. The summed E-state index contributed by atoms with van der Waals surface area (Å²) in [4.78, 5) is 13.9. The van der Waals surface area contributed by atoms with E-state index in [9.17, 15) is 0 Å². The zero-order chi connectivity index (χ0) is 19.3. The summed E-state index contributed by atoms with van der Waals surface area (Å²) < 4.78 is 5.38. The number of nitrogens with zero attached hydrogens (tertiary/aromatic N) is 5. The van der Waals surface area contributed by atoms with Crippen LogP contribution < -0.4 is 5.32 Å². The number of hydrogen-bond donors (Lipinski definition) is 1. The highest BCUT2D eigenvalue weighted by molar-refractivity contribution is 6.30. The lowest BCUT2D eigenvalue weighted by Gasteiger charge is -2.25. The van der Waals surface area contributed by atoms with E-state index in [1.165, 1.54) is 32.4 Å². The summed E-state index contributed by atoms with van der Waals surface area (Å²) in [5, 5.41) is 8.19. The molecule has 2 saturated heterocycles. The molecule has 0 saturated carbocycles. The Balaban J connectivity index is 1.26. The smallest absolute Gasteiger partial charge is 0.228 e. The Labute approximate surface area is 170 Å². The van der Waals surface area contributed by atoms with Gasteiger partial charge < -0.3 is 14.7 Å². The molecule has 4 rings (SSSR count). The van der Waals surface area contributed by atoms with E-state index in [1.54, 1.807) is 0 Å². The van der Waals surface area contributed by atoms with Crippen LogP contribution in [0.25, 0.3) is 11.4 Å². The molecule has 7 nitrogen and oxygen atoms in total. The lowest BCUT2D eigenvalue weighted by Crippen LogP contribution is -2.43. The van der Waals surface area contributed by atoms with E-state index >= 15 is 0 Å². The summed E-state index contributed by atoms with van der Waals surface area (Å²) in [6.07, 6.45) is 4.55. The van der Waals surface area contributed by atoms with Crippen molar-refractivity contribution in [2.75, 3.05) is 39.8 Å². The molecule has 1 aromatic heterocycles. The second kappa shape index (κ2) is 8.92. The Kier molecular flexibility index (Phi) is 6.12. The largest absolute Gasteiger partial charge is 0.356 e. The number of rotatable bonds is 5. The summed E-state index contributed by atoms with van der Waals surface area (Å²) in [7, 11) is 1.84. The van der Waals surface area contributed by atoms with Gasteiger partial charge in [-0.1, -0.05) is 16.8 Å². The van der Waals surface area contributed by atoms with Crippen LogP contribution in [-0.2, 0) is 6.42 Å². The fourth-order valence-corrected chi connectivity index (χ4v) is 4.15. The van der Waals surface area contributed by atoms with Gasteiger partial charge in [0.25, 0.3) is 0 Å². The van der Waals surface area contributed by atoms with E-state index in [0.29, 0.717) is 35.7 Å². The van der Waals surface area contributed by atoms with E-state index in [1.807, 2.05) is 31.3 Å².